The van der Waals surface area contributed by atoms with Gasteiger partial charge in [0, 0.05) is 11.7 Å². The molecular formula is C21H23N3O3. The van der Waals surface area contributed by atoms with Crippen LogP contribution in [0.1, 0.15) is 59.0 Å². The molecule has 27 heavy (non-hydrogen) atoms. The number of furan rings is 1. The van der Waals surface area contributed by atoms with Crippen molar-refractivity contribution in [1.29, 1.82) is 0 Å². The first kappa shape index (κ1) is 17.5. The summed E-state index contributed by atoms with van der Waals surface area (Å²) in [6.07, 6.45) is 5.70. The van der Waals surface area contributed by atoms with E-state index in [1.165, 1.54) is 0 Å². The van der Waals surface area contributed by atoms with Crippen molar-refractivity contribution in [3.05, 3.63) is 57.3 Å². The SMILES string of the molecule is Cc1ccc(NC(=O)c2c(C)oc3ncn(C4CCCC4)c(=O)c23)cc1C. The van der Waals surface area contributed by atoms with E-state index in [1.54, 1.807) is 17.8 Å². The lowest BCUT2D eigenvalue weighted by Crippen LogP contribution is -2.25. The van der Waals surface area contributed by atoms with Crippen LogP contribution >= 0.6 is 0 Å². The number of anilines is 1. The van der Waals surface area contributed by atoms with E-state index in [9.17, 15) is 9.59 Å². The van der Waals surface area contributed by atoms with Crippen LogP contribution in [0.2, 0.25) is 0 Å². The van der Waals surface area contributed by atoms with E-state index >= 15 is 0 Å². The highest BCUT2D eigenvalue weighted by atomic mass is 16.3. The lowest BCUT2D eigenvalue weighted by molar-refractivity contribution is 0.102. The second-order valence-electron chi connectivity index (χ2n) is 7.36. The Morgan fingerprint density at radius 3 is 2.63 bits per heavy atom. The Bertz CT molecular complexity index is 1090. The van der Waals surface area contributed by atoms with Crippen LogP contribution in [0.4, 0.5) is 5.69 Å². The minimum absolute atomic E-state index is 0.153. The quantitative estimate of drug-likeness (QED) is 0.751. The highest BCUT2D eigenvalue weighted by Gasteiger charge is 2.26. The Labute approximate surface area is 157 Å². The number of hydrogen-bond donors (Lipinski definition) is 1. The number of benzene rings is 1. The Hall–Kier alpha value is -2.89. The van der Waals surface area contributed by atoms with Crippen molar-refractivity contribution in [1.82, 2.24) is 9.55 Å². The zero-order chi connectivity index (χ0) is 19.1. The van der Waals surface area contributed by atoms with Gasteiger partial charge in [0.1, 0.15) is 17.5 Å². The summed E-state index contributed by atoms with van der Waals surface area (Å²) < 4.78 is 7.28. The first-order valence-corrected chi connectivity index (χ1v) is 9.34. The van der Waals surface area contributed by atoms with Crippen LogP contribution in [0, 0.1) is 20.8 Å². The van der Waals surface area contributed by atoms with Gasteiger partial charge in [0.2, 0.25) is 5.71 Å². The van der Waals surface area contributed by atoms with Crippen molar-refractivity contribution >= 4 is 22.7 Å². The second kappa shape index (κ2) is 6.68. The maximum absolute atomic E-state index is 13.1. The number of aryl methyl sites for hydroxylation is 3. The second-order valence-corrected chi connectivity index (χ2v) is 7.36. The molecule has 0 aliphatic heterocycles. The largest absolute Gasteiger partial charge is 0.442 e. The minimum atomic E-state index is -0.349. The van der Waals surface area contributed by atoms with E-state index in [0.29, 0.717) is 11.4 Å². The molecule has 0 bridgehead atoms. The molecule has 6 heteroatoms. The van der Waals surface area contributed by atoms with E-state index in [1.807, 2.05) is 32.0 Å². The summed E-state index contributed by atoms with van der Waals surface area (Å²) >= 11 is 0. The molecule has 4 rings (SSSR count). The van der Waals surface area contributed by atoms with Gasteiger partial charge in [-0.1, -0.05) is 18.9 Å². The van der Waals surface area contributed by atoms with Gasteiger partial charge >= 0.3 is 0 Å². The van der Waals surface area contributed by atoms with Crippen molar-refractivity contribution < 1.29 is 9.21 Å². The van der Waals surface area contributed by atoms with Gasteiger partial charge in [-0.15, -0.1) is 0 Å². The zero-order valence-corrected chi connectivity index (χ0v) is 15.8. The van der Waals surface area contributed by atoms with Crippen LogP contribution in [-0.2, 0) is 0 Å². The Morgan fingerprint density at radius 1 is 1.19 bits per heavy atom. The molecular weight excluding hydrogens is 342 g/mol. The fourth-order valence-corrected chi connectivity index (χ4v) is 3.84. The summed E-state index contributed by atoms with van der Waals surface area (Å²) in [4.78, 5) is 30.3. The molecule has 140 valence electrons. The summed E-state index contributed by atoms with van der Waals surface area (Å²) in [5.41, 5.74) is 3.23. The standard InChI is InChI=1S/C21H23N3O3/c1-12-8-9-15(10-13(12)2)23-19(25)17-14(3)27-20-18(17)21(26)24(11-22-20)16-6-4-5-7-16/h8-11,16H,4-7H2,1-3H3,(H,23,25). The summed E-state index contributed by atoms with van der Waals surface area (Å²) in [7, 11) is 0. The van der Waals surface area contributed by atoms with Crippen molar-refractivity contribution in [3.63, 3.8) is 0 Å². The number of rotatable bonds is 3. The highest BCUT2D eigenvalue weighted by molar-refractivity contribution is 6.12. The number of carbonyl (C=O) groups excluding carboxylic acids is 1. The normalized spacial score (nSPS) is 14.8. The van der Waals surface area contributed by atoms with Crippen LogP contribution in [0.3, 0.4) is 0 Å². The van der Waals surface area contributed by atoms with E-state index in [0.717, 1.165) is 36.8 Å². The van der Waals surface area contributed by atoms with Crippen molar-refractivity contribution in [3.8, 4) is 0 Å². The van der Waals surface area contributed by atoms with Gasteiger partial charge in [0.05, 0.1) is 5.56 Å². The molecule has 1 fully saturated rings. The van der Waals surface area contributed by atoms with Gasteiger partial charge in [0.15, 0.2) is 0 Å². The Balaban J connectivity index is 1.76. The topological polar surface area (TPSA) is 77.1 Å². The summed E-state index contributed by atoms with van der Waals surface area (Å²) in [5, 5.41) is 3.15. The molecule has 1 N–H and O–H groups in total. The number of fused-ring (bicyclic) bond motifs is 1. The third-order valence-electron chi connectivity index (χ3n) is 5.52. The van der Waals surface area contributed by atoms with Crippen molar-refractivity contribution in [2.24, 2.45) is 0 Å². The molecule has 3 aromatic rings. The molecule has 2 aromatic heterocycles. The monoisotopic (exact) mass is 365 g/mol. The molecule has 1 aromatic carbocycles. The zero-order valence-electron chi connectivity index (χ0n) is 15.8. The molecule has 1 aliphatic carbocycles. The average molecular weight is 365 g/mol. The van der Waals surface area contributed by atoms with Crippen LogP contribution in [-0.4, -0.2) is 15.5 Å². The third kappa shape index (κ3) is 3.05. The molecule has 0 unspecified atom stereocenters. The molecule has 0 saturated heterocycles. The minimum Gasteiger partial charge on any atom is -0.442 e. The van der Waals surface area contributed by atoms with Crippen LogP contribution in [0.5, 0.6) is 0 Å². The number of nitrogens with zero attached hydrogens (tertiary/aromatic N) is 2. The number of nitrogens with one attached hydrogen (secondary N) is 1. The van der Waals surface area contributed by atoms with E-state index < -0.39 is 0 Å². The van der Waals surface area contributed by atoms with E-state index in [4.69, 9.17) is 4.42 Å². The van der Waals surface area contributed by atoms with Gasteiger partial charge in [-0.05, 0) is 56.9 Å². The smallest absolute Gasteiger partial charge is 0.265 e. The number of aromatic nitrogens is 2. The van der Waals surface area contributed by atoms with Gasteiger partial charge in [-0.2, -0.15) is 0 Å². The van der Waals surface area contributed by atoms with Gasteiger partial charge in [-0.3, -0.25) is 14.2 Å². The maximum Gasteiger partial charge on any atom is 0.265 e. The molecule has 0 atom stereocenters. The lowest BCUT2D eigenvalue weighted by atomic mass is 10.1. The molecule has 0 spiro atoms. The fourth-order valence-electron chi connectivity index (χ4n) is 3.84. The van der Waals surface area contributed by atoms with E-state index in [-0.39, 0.29) is 34.2 Å². The fraction of sp³-hybridized carbons (Fsp3) is 0.381. The van der Waals surface area contributed by atoms with Crippen LogP contribution < -0.4 is 10.9 Å². The Kier molecular flexibility index (Phi) is 4.34. The predicted octanol–water partition coefficient (Wildman–Crippen LogP) is 4.28. The maximum atomic E-state index is 13.1. The van der Waals surface area contributed by atoms with E-state index in [2.05, 4.69) is 10.3 Å². The van der Waals surface area contributed by atoms with Crippen LogP contribution in [0.25, 0.3) is 11.1 Å². The molecule has 2 heterocycles. The molecule has 1 aliphatic rings. The first-order chi connectivity index (χ1) is 13.0. The summed E-state index contributed by atoms with van der Waals surface area (Å²) in [5.74, 6) is 0.0534. The van der Waals surface area contributed by atoms with Crippen molar-refractivity contribution in [2.75, 3.05) is 5.32 Å². The van der Waals surface area contributed by atoms with Gasteiger partial charge in [-0.25, -0.2) is 4.98 Å². The first-order valence-electron chi connectivity index (χ1n) is 9.34. The summed E-state index contributed by atoms with van der Waals surface area (Å²) in [6, 6.07) is 5.88. The predicted molar refractivity (Wildman–Crippen MR) is 104 cm³/mol. The molecule has 6 nitrogen and oxygen atoms in total. The Morgan fingerprint density at radius 2 is 1.93 bits per heavy atom. The average Bonchev–Trinajstić information content (AvgIpc) is 3.26. The van der Waals surface area contributed by atoms with Crippen LogP contribution in [0.15, 0.2) is 33.7 Å². The number of hydrogen-bond acceptors (Lipinski definition) is 4. The van der Waals surface area contributed by atoms with Gasteiger partial charge < -0.3 is 9.73 Å². The lowest BCUT2D eigenvalue weighted by Gasteiger charge is -2.12. The van der Waals surface area contributed by atoms with Crippen molar-refractivity contribution in [2.45, 2.75) is 52.5 Å². The highest BCUT2D eigenvalue weighted by Crippen LogP contribution is 2.29. The molecule has 1 amide bonds. The number of amides is 1. The number of carbonyl (C=O) groups is 1. The third-order valence-corrected chi connectivity index (χ3v) is 5.52. The molecule has 0 radical (unpaired) electrons. The van der Waals surface area contributed by atoms with Gasteiger partial charge in [0.25, 0.3) is 11.5 Å². The molecule has 1 saturated carbocycles. The summed E-state index contributed by atoms with van der Waals surface area (Å²) in [6.45, 7) is 5.70.